The van der Waals surface area contributed by atoms with Gasteiger partial charge in [-0.15, -0.1) is 24.0 Å². The summed E-state index contributed by atoms with van der Waals surface area (Å²) in [5, 5.41) is 10.5. The van der Waals surface area contributed by atoms with Crippen LogP contribution in [0.3, 0.4) is 0 Å². The zero-order chi connectivity index (χ0) is 20.7. The molecule has 0 atom stereocenters. The second-order valence-electron chi connectivity index (χ2n) is 6.95. The van der Waals surface area contributed by atoms with Crippen molar-refractivity contribution in [2.75, 3.05) is 6.54 Å². The van der Waals surface area contributed by atoms with E-state index in [2.05, 4.69) is 30.5 Å². The first-order valence-corrected chi connectivity index (χ1v) is 9.15. The summed E-state index contributed by atoms with van der Waals surface area (Å²) in [5.74, 6) is 1.53. The van der Waals surface area contributed by atoms with Gasteiger partial charge in [0.15, 0.2) is 11.8 Å². The molecule has 11 heteroatoms. The van der Waals surface area contributed by atoms with Crippen molar-refractivity contribution in [2.45, 2.75) is 52.8 Å². The van der Waals surface area contributed by atoms with Crippen LogP contribution in [0.5, 0.6) is 5.75 Å². The maximum absolute atomic E-state index is 12.6. The van der Waals surface area contributed by atoms with Gasteiger partial charge in [0.1, 0.15) is 5.75 Å². The van der Waals surface area contributed by atoms with Crippen LogP contribution in [0.1, 0.15) is 45.0 Å². The van der Waals surface area contributed by atoms with Crippen LogP contribution in [0.15, 0.2) is 27.7 Å². The molecular weight excluding hydrogens is 519 g/mol. The third kappa shape index (κ3) is 8.29. The van der Waals surface area contributed by atoms with Gasteiger partial charge in [-0.2, -0.15) is 13.8 Å². The average Bonchev–Trinajstić information content (AvgIpc) is 3.08. The summed E-state index contributed by atoms with van der Waals surface area (Å²) < 4.78 is 34.9. The largest absolute Gasteiger partial charge is 0.434 e. The zero-order valence-electron chi connectivity index (χ0n) is 16.6. The molecule has 2 aromatic rings. The normalized spacial score (nSPS) is 11.9. The molecule has 7 nitrogen and oxygen atoms in total. The summed E-state index contributed by atoms with van der Waals surface area (Å²) in [7, 11) is 0. The Kier molecular flexibility index (Phi) is 10.0. The Bertz CT molecular complexity index is 812. The summed E-state index contributed by atoms with van der Waals surface area (Å²) >= 11 is 5.96. The van der Waals surface area contributed by atoms with Gasteiger partial charge in [-0.05, 0) is 25.1 Å². The van der Waals surface area contributed by atoms with Crippen molar-refractivity contribution in [3.05, 3.63) is 40.5 Å². The van der Waals surface area contributed by atoms with E-state index in [1.165, 1.54) is 12.1 Å². The van der Waals surface area contributed by atoms with Crippen LogP contribution in [-0.2, 0) is 18.5 Å². The summed E-state index contributed by atoms with van der Waals surface area (Å²) in [6.45, 7) is 5.92. The van der Waals surface area contributed by atoms with Crippen molar-refractivity contribution in [3.63, 3.8) is 0 Å². The van der Waals surface area contributed by atoms with Crippen molar-refractivity contribution < 1.29 is 18.0 Å². The molecule has 2 N–H and O–H groups in total. The quantitative estimate of drug-likeness (QED) is 0.304. The van der Waals surface area contributed by atoms with Crippen molar-refractivity contribution in [2.24, 2.45) is 4.99 Å². The summed E-state index contributed by atoms with van der Waals surface area (Å²) in [5.41, 5.74) is 0.205. The molecule has 0 aliphatic rings. The van der Waals surface area contributed by atoms with Gasteiger partial charge in [0, 0.05) is 22.5 Å². The molecule has 1 aromatic carbocycles. The van der Waals surface area contributed by atoms with Crippen LogP contribution in [0.2, 0.25) is 5.02 Å². The smallest absolute Gasteiger partial charge is 0.387 e. The lowest BCUT2D eigenvalue weighted by molar-refractivity contribution is -0.0504. The highest BCUT2D eigenvalue weighted by atomic mass is 127. The highest BCUT2D eigenvalue weighted by molar-refractivity contribution is 14.0. The number of rotatable bonds is 7. The topological polar surface area (TPSA) is 84.6 Å². The SMILES string of the molecule is CCNC(=NCc1cc(Cl)ccc1OC(F)F)NCc1noc(C(C)(C)C)n1.I. The fourth-order valence-electron chi connectivity index (χ4n) is 2.18. The number of guanidine groups is 1. The molecular formula is C18H25ClF2IN5O2. The van der Waals surface area contributed by atoms with Gasteiger partial charge >= 0.3 is 6.61 Å². The molecule has 162 valence electrons. The Morgan fingerprint density at radius 1 is 1.31 bits per heavy atom. The predicted molar refractivity (Wildman–Crippen MR) is 118 cm³/mol. The lowest BCUT2D eigenvalue weighted by Gasteiger charge is -2.12. The lowest BCUT2D eigenvalue weighted by atomic mass is 9.97. The Morgan fingerprint density at radius 3 is 2.62 bits per heavy atom. The monoisotopic (exact) mass is 543 g/mol. The third-order valence-electron chi connectivity index (χ3n) is 3.51. The van der Waals surface area contributed by atoms with Crippen LogP contribution in [0.4, 0.5) is 8.78 Å². The number of aliphatic imine (C=N–C) groups is 1. The molecule has 0 unspecified atom stereocenters. The molecule has 29 heavy (non-hydrogen) atoms. The molecule has 0 saturated heterocycles. The molecule has 1 aromatic heterocycles. The van der Waals surface area contributed by atoms with E-state index in [-0.39, 0.29) is 41.7 Å². The van der Waals surface area contributed by atoms with Gasteiger partial charge in [-0.3, -0.25) is 0 Å². The maximum Gasteiger partial charge on any atom is 0.387 e. The number of alkyl halides is 2. The minimum Gasteiger partial charge on any atom is -0.434 e. The first-order chi connectivity index (χ1) is 13.2. The fraction of sp³-hybridized carbons (Fsp3) is 0.500. The van der Waals surface area contributed by atoms with Crippen molar-refractivity contribution in [3.8, 4) is 5.75 Å². The third-order valence-corrected chi connectivity index (χ3v) is 3.75. The summed E-state index contributed by atoms with van der Waals surface area (Å²) in [6, 6.07) is 4.42. The minimum absolute atomic E-state index is 0. The average molecular weight is 544 g/mol. The molecule has 0 spiro atoms. The van der Waals surface area contributed by atoms with E-state index < -0.39 is 6.61 Å². The van der Waals surface area contributed by atoms with E-state index in [1.807, 2.05) is 27.7 Å². The van der Waals surface area contributed by atoms with E-state index in [9.17, 15) is 8.78 Å². The first-order valence-electron chi connectivity index (χ1n) is 8.77. The maximum atomic E-state index is 12.6. The summed E-state index contributed by atoms with van der Waals surface area (Å²) in [6.07, 6.45) is 0. The van der Waals surface area contributed by atoms with Crippen LogP contribution < -0.4 is 15.4 Å². The van der Waals surface area contributed by atoms with E-state index >= 15 is 0 Å². The second kappa shape index (κ2) is 11.5. The first kappa shape index (κ1) is 25.3. The van der Waals surface area contributed by atoms with E-state index in [0.29, 0.717) is 41.4 Å². The van der Waals surface area contributed by atoms with E-state index in [4.69, 9.17) is 16.1 Å². The van der Waals surface area contributed by atoms with E-state index in [0.717, 1.165) is 0 Å². The number of aromatic nitrogens is 2. The Morgan fingerprint density at radius 2 is 2.03 bits per heavy atom. The van der Waals surface area contributed by atoms with Crippen LogP contribution in [0, 0.1) is 0 Å². The van der Waals surface area contributed by atoms with Gasteiger partial charge in [-0.25, -0.2) is 4.99 Å². The molecule has 2 rings (SSSR count). The highest BCUT2D eigenvalue weighted by Crippen LogP contribution is 2.25. The zero-order valence-corrected chi connectivity index (χ0v) is 19.7. The molecule has 0 radical (unpaired) electrons. The van der Waals surface area contributed by atoms with Gasteiger partial charge in [-0.1, -0.05) is 37.5 Å². The predicted octanol–water partition coefficient (Wildman–Crippen LogP) is 4.50. The lowest BCUT2D eigenvalue weighted by Crippen LogP contribution is -2.37. The van der Waals surface area contributed by atoms with Gasteiger partial charge in [0.05, 0.1) is 13.1 Å². The minimum atomic E-state index is -2.93. The Hall–Kier alpha value is -1.69. The molecule has 0 aliphatic heterocycles. The molecule has 0 aliphatic carbocycles. The fourth-order valence-corrected chi connectivity index (χ4v) is 2.38. The summed E-state index contributed by atoms with van der Waals surface area (Å²) in [4.78, 5) is 8.73. The number of nitrogens with zero attached hydrogens (tertiary/aromatic N) is 3. The van der Waals surface area contributed by atoms with Crippen molar-refractivity contribution >= 4 is 41.5 Å². The molecule has 1 heterocycles. The number of nitrogens with one attached hydrogen (secondary N) is 2. The number of benzene rings is 1. The molecule has 0 bridgehead atoms. The van der Waals surface area contributed by atoms with Crippen molar-refractivity contribution in [1.82, 2.24) is 20.8 Å². The number of ether oxygens (including phenoxy) is 1. The number of hydrogen-bond donors (Lipinski definition) is 2. The number of halogens is 4. The van der Waals surface area contributed by atoms with Crippen LogP contribution in [0.25, 0.3) is 0 Å². The molecule has 0 fully saturated rings. The van der Waals surface area contributed by atoms with E-state index in [1.54, 1.807) is 6.07 Å². The van der Waals surface area contributed by atoms with Gasteiger partial charge in [0.25, 0.3) is 0 Å². The molecule has 0 amide bonds. The van der Waals surface area contributed by atoms with Crippen LogP contribution in [-0.4, -0.2) is 29.3 Å². The van der Waals surface area contributed by atoms with Crippen molar-refractivity contribution in [1.29, 1.82) is 0 Å². The van der Waals surface area contributed by atoms with Gasteiger partial charge < -0.3 is 19.9 Å². The number of hydrogen-bond acceptors (Lipinski definition) is 5. The standard InChI is InChI=1S/C18H24ClF2N5O2.HI/c1-5-22-17(24-10-14-25-15(28-26-14)18(2,3)4)23-9-11-8-12(19)6-7-13(11)27-16(20)21;/h6-8,16H,5,9-10H2,1-4H3,(H2,22,23,24);1H. The highest BCUT2D eigenvalue weighted by Gasteiger charge is 2.21. The second-order valence-corrected chi connectivity index (χ2v) is 7.38. The van der Waals surface area contributed by atoms with Gasteiger partial charge in [0.2, 0.25) is 5.89 Å². The van der Waals surface area contributed by atoms with Crippen LogP contribution >= 0.6 is 35.6 Å². The molecule has 0 saturated carbocycles. The Balaban J connectivity index is 0.00000420. The Labute approximate surface area is 190 Å².